The SMILES string of the molecule is O=C(CC1CCS(=O)(=O)C1)NC1(CO)CCOCC1. The fourth-order valence-electron chi connectivity index (χ4n) is 2.73. The standard InChI is InChI=1S/C12H21NO5S/c14-9-12(2-4-18-5-3-12)13-11(15)7-10-1-6-19(16,17)8-10/h10,14H,1-9H2,(H,13,15). The Balaban J connectivity index is 1.86. The number of amides is 1. The molecular weight excluding hydrogens is 270 g/mol. The van der Waals surface area contributed by atoms with Crippen molar-refractivity contribution in [2.75, 3.05) is 31.3 Å². The van der Waals surface area contributed by atoms with Crippen LogP contribution in [-0.2, 0) is 19.4 Å². The van der Waals surface area contributed by atoms with Crippen molar-refractivity contribution in [2.24, 2.45) is 5.92 Å². The van der Waals surface area contributed by atoms with Gasteiger partial charge in [0.15, 0.2) is 9.84 Å². The average molecular weight is 291 g/mol. The smallest absolute Gasteiger partial charge is 0.220 e. The number of rotatable bonds is 4. The Hall–Kier alpha value is -0.660. The highest BCUT2D eigenvalue weighted by Gasteiger charge is 2.35. The van der Waals surface area contributed by atoms with Crippen molar-refractivity contribution < 1.29 is 23.1 Å². The summed E-state index contributed by atoms with van der Waals surface area (Å²) in [4.78, 5) is 12.0. The summed E-state index contributed by atoms with van der Waals surface area (Å²) in [5, 5.41) is 12.3. The highest BCUT2D eigenvalue weighted by molar-refractivity contribution is 7.91. The first-order chi connectivity index (χ1) is 8.95. The molecule has 0 aliphatic carbocycles. The van der Waals surface area contributed by atoms with Gasteiger partial charge in [0.25, 0.3) is 0 Å². The van der Waals surface area contributed by atoms with Crippen molar-refractivity contribution in [3.05, 3.63) is 0 Å². The van der Waals surface area contributed by atoms with E-state index in [9.17, 15) is 18.3 Å². The molecule has 2 rings (SSSR count). The third kappa shape index (κ3) is 3.90. The quantitative estimate of drug-likeness (QED) is 0.726. The summed E-state index contributed by atoms with van der Waals surface area (Å²) in [6, 6.07) is 0. The summed E-state index contributed by atoms with van der Waals surface area (Å²) in [5.74, 6) is 0.0400. The molecule has 2 fully saturated rings. The molecule has 0 bridgehead atoms. The van der Waals surface area contributed by atoms with Gasteiger partial charge in [0, 0.05) is 19.6 Å². The van der Waals surface area contributed by atoms with Crippen molar-refractivity contribution in [3.8, 4) is 0 Å². The number of carbonyl (C=O) groups is 1. The number of aliphatic hydroxyl groups excluding tert-OH is 1. The van der Waals surface area contributed by atoms with Crippen molar-refractivity contribution in [3.63, 3.8) is 0 Å². The van der Waals surface area contributed by atoms with Crippen molar-refractivity contribution in [1.29, 1.82) is 0 Å². The van der Waals surface area contributed by atoms with E-state index >= 15 is 0 Å². The topological polar surface area (TPSA) is 92.7 Å². The maximum atomic E-state index is 12.0. The lowest BCUT2D eigenvalue weighted by molar-refractivity contribution is -0.126. The molecule has 1 amide bonds. The van der Waals surface area contributed by atoms with Crippen LogP contribution >= 0.6 is 0 Å². The van der Waals surface area contributed by atoms with Crippen LogP contribution in [0, 0.1) is 5.92 Å². The summed E-state index contributed by atoms with van der Waals surface area (Å²) in [5.41, 5.74) is -0.590. The van der Waals surface area contributed by atoms with Crippen LogP contribution < -0.4 is 5.32 Å². The zero-order valence-corrected chi connectivity index (χ0v) is 11.7. The molecule has 0 aromatic carbocycles. The second-order valence-electron chi connectivity index (χ2n) is 5.57. The number of hydrogen-bond acceptors (Lipinski definition) is 5. The molecule has 19 heavy (non-hydrogen) atoms. The summed E-state index contributed by atoms with van der Waals surface area (Å²) >= 11 is 0. The van der Waals surface area contributed by atoms with E-state index in [-0.39, 0.29) is 36.4 Å². The number of hydrogen-bond donors (Lipinski definition) is 2. The van der Waals surface area contributed by atoms with E-state index in [4.69, 9.17) is 4.74 Å². The van der Waals surface area contributed by atoms with Crippen molar-refractivity contribution in [1.82, 2.24) is 5.32 Å². The molecule has 0 spiro atoms. The van der Waals surface area contributed by atoms with Crippen molar-refractivity contribution >= 4 is 15.7 Å². The normalized spacial score (nSPS) is 29.0. The maximum Gasteiger partial charge on any atom is 0.220 e. The van der Waals surface area contributed by atoms with Crippen LogP contribution in [0.3, 0.4) is 0 Å². The van der Waals surface area contributed by atoms with Gasteiger partial charge >= 0.3 is 0 Å². The highest BCUT2D eigenvalue weighted by atomic mass is 32.2. The van der Waals surface area contributed by atoms with E-state index in [1.165, 1.54) is 0 Å². The maximum absolute atomic E-state index is 12.0. The molecule has 6 nitrogen and oxygen atoms in total. The Morgan fingerprint density at radius 2 is 2.05 bits per heavy atom. The molecule has 0 aromatic heterocycles. The molecule has 0 radical (unpaired) electrons. The molecule has 1 unspecified atom stereocenters. The van der Waals surface area contributed by atoms with Gasteiger partial charge in [-0.1, -0.05) is 0 Å². The summed E-state index contributed by atoms with van der Waals surface area (Å²) in [6.45, 7) is 0.947. The van der Waals surface area contributed by atoms with E-state index in [1.54, 1.807) is 0 Å². The van der Waals surface area contributed by atoms with Gasteiger partial charge in [-0.3, -0.25) is 4.79 Å². The number of nitrogens with one attached hydrogen (secondary N) is 1. The van der Waals surface area contributed by atoms with Gasteiger partial charge in [-0.25, -0.2) is 8.42 Å². The molecule has 0 aromatic rings. The van der Waals surface area contributed by atoms with Crippen molar-refractivity contribution in [2.45, 2.75) is 31.2 Å². The Bertz CT molecular complexity index is 427. The number of sulfone groups is 1. The van der Waals surface area contributed by atoms with E-state index < -0.39 is 15.4 Å². The van der Waals surface area contributed by atoms with Gasteiger partial charge in [-0.2, -0.15) is 0 Å². The fraction of sp³-hybridized carbons (Fsp3) is 0.917. The molecule has 2 aliphatic rings. The van der Waals surface area contributed by atoms with E-state index in [0.717, 1.165) is 0 Å². The summed E-state index contributed by atoms with van der Waals surface area (Å²) < 4.78 is 27.9. The monoisotopic (exact) mass is 291 g/mol. The van der Waals surface area contributed by atoms with Gasteiger partial charge in [0.2, 0.25) is 5.91 Å². The van der Waals surface area contributed by atoms with E-state index in [0.29, 0.717) is 32.5 Å². The highest BCUT2D eigenvalue weighted by Crippen LogP contribution is 2.24. The Morgan fingerprint density at radius 3 is 2.58 bits per heavy atom. The first kappa shape index (κ1) is 14.7. The second kappa shape index (κ2) is 5.76. The van der Waals surface area contributed by atoms with Gasteiger partial charge in [-0.05, 0) is 25.2 Å². The second-order valence-corrected chi connectivity index (χ2v) is 7.80. The zero-order chi connectivity index (χ0) is 13.9. The lowest BCUT2D eigenvalue weighted by atomic mass is 9.90. The Labute approximate surface area is 113 Å². The largest absolute Gasteiger partial charge is 0.394 e. The third-order valence-electron chi connectivity index (χ3n) is 3.96. The minimum absolute atomic E-state index is 0.0828. The van der Waals surface area contributed by atoms with Crippen LogP contribution in [0.2, 0.25) is 0 Å². The van der Waals surface area contributed by atoms with Crippen LogP contribution in [0.25, 0.3) is 0 Å². The molecular formula is C12H21NO5S. The van der Waals surface area contributed by atoms with Crippen LogP contribution in [-0.4, -0.2) is 56.3 Å². The van der Waals surface area contributed by atoms with Crippen LogP contribution in [0.15, 0.2) is 0 Å². The zero-order valence-electron chi connectivity index (χ0n) is 10.9. The Kier molecular flexibility index (Phi) is 4.47. The summed E-state index contributed by atoms with van der Waals surface area (Å²) in [6.07, 6.45) is 1.98. The van der Waals surface area contributed by atoms with Gasteiger partial charge < -0.3 is 15.2 Å². The fourth-order valence-corrected chi connectivity index (χ4v) is 4.59. The minimum atomic E-state index is -2.94. The number of ether oxygens (including phenoxy) is 1. The molecule has 1 atom stereocenters. The molecule has 2 N–H and O–H groups in total. The molecule has 110 valence electrons. The lowest BCUT2D eigenvalue weighted by Crippen LogP contribution is -2.54. The van der Waals surface area contributed by atoms with E-state index in [2.05, 4.69) is 5.32 Å². The van der Waals surface area contributed by atoms with Crippen LogP contribution in [0.1, 0.15) is 25.7 Å². The van der Waals surface area contributed by atoms with Gasteiger partial charge in [0.05, 0.1) is 23.7 Å². The van der Waals surface area contributed by atoms with E-state index in [1.807, 2.05) is 0 Å². The molecule has 2 saturated heterocycles. The molecule has 2 heterocycles. The first-order valence-electron chi connectivity index (χ1n) is 6.65. The third-order valence-corrected chi connectivity index (χ3v) is 5.79. The molecule has 0 saturated carbocycles. The van der Waals surface area contributed by atoms with Gasteiger partial charge in [-0.15, -0.1) is 0 Å². The lowest BCUT2D eigenvalue weighted by Gasteiger charge is -2.36. The van der Waals surface area contributed by atoms with Crippen LogP contribution in [0.4, 0.5) is 0 Å². The Morgan fingerprint density at radius 1 is 1.37 bits per heavy atom. The first-order valence-corrected chi connectivity index (χ1v) is 8.47. The molecule has 7 heteroatoms. The van der Waals surface area contributed by atoms with Crippen LogP contribution in [0.5, 0.6) is 0 Å². The average Bonchev–Trinajstić information content (AvgIpc) is 2.69. The predicted molar refractivity (Wildman–Crippen MR) is 69.4 cm³/mol. The molecule has 2 aliphatic heterocycles. The predicted octanol–water partition coefficient (Wildman–Crippen LogP) is -0.531. The minimum Gasteiger partial charge on any atom is -0.394 e. The number of carbonyl (C=O) groups excluding carboxylic acids is 1. The summed E-state index contributed by atoms with van der Waals surface area (Å²) in [7, 11) is -2.94. The number of aliphatic hydroxyl groups is 1. The van der Waals surface area contributed by atoms with Gasteiger partial charge in [0.1, 0.15) is 0 Å².